The minimum atomic E-state index is -0.361. The summed E-state index contributed by atoms with van der Waals surface area (Å²) in [7, 11) is 0. The summed E-state index contributed by atoms with van der Waals surface area (Å²) < 4.78 is 6.30. The summed E-state index contributed by atoms with van der Waals surface area (Å²) in [6, 6.07) is 26.5. The molecule has 5 rings (SSSR count). The van der Waals surface area contributed by atoms with Gasteiger partial charge in [0.2, 0.25) is 11.0 Å². The third-order valence-electron chi connectivity index (χ3n) is 4.92. The molecule has 0 fully saturated rings. The van der Waals surface area contributed by atoms with Crippen LogP contribution in [-0.4, -0.2) is 15.2 Å². The molecule has 0 saturated heterocycles. The van der Waals surface area contributed by atoms with Gasteiger partial charge in [-0.3, -0.25) is 0 Å². The average molecular weight is 413 g/mol. The van der Waals surface area contributed by atoms with Crippen LogP contribution in [0.3, 0.4) is 0 Å². The molecule has 1 aliphatic rings. The van der Waals surface area contributed by atoms with Gasteiger partial charge in [-0.05, 0) is 18.6 Å². The molecule has 1 N–H and O–H groups in total. The van der Waals surface area contributed by atoms with E-state index in [2.05, 4.69) is 46.7 Å². The van der Waals surface area contributed by atoms with Gasteiger partial charge in [0.05, 0.1) is 0 Å². The molecule has 5 nitrogen and oxygen atoms in total. The van der Waals surface area contributed by atoms with Crippen LogP contribution in [0.1, 0.15) is 22.9 Å². The van der Waals surface area contributed by atoms with Gasteiger partial charge >= 0.3 is 0 Å². The van der Waals surface area contributed by atoms with Crippen LogP contribution in [0.4, 0.5) is 5.69 Å². The average Bonchev–Trinajstić information content (AvgIpc) is 2.96. The van der Waals surface area contributed by atoms with E-state index in [0.29, 0.717) is 16.7 Å². The van der Waals surface area contributed by atoms with E-state index in [9.17, 15) is 0 Å². The van der Waals surface area contributed by atoms with Gasteiger partial charge in [-0.25, -0.2) is 0 Å². The topological polar surface area (TPSA) is 59.9 Å². The molecule has 0 bridgehead atoms. The number of aryl methyl sites for hydroxylation is 1. The van der Waals surface area contributed by atoms with Gasteiger partial charge in [-0.15, -0.1) is 10.2 Å². The van der Waals surface area contributed by atoms with Crippen molar-refractivity contribution in [1.29, 1.82) is 0 Å². The van der Waals surface area contributed by atoms with E-state index in [-0.39, 0.29) is 6.23 Å². The lowest BCUT2D eigenvalue weighted by atomic mass is 10.1. The molecule has 3 aromatic carbocycles. The first kappa shape index (κ1) is 18.6. The highest BCUT2D eigenvalue weighted by Gasteiger charge is 2.25. The van der Waals surface area contributed by atoms with Crippen molar-refractivity contribution in [3.8, 4) is 17.1 Å². The van der Waals surface area contributed by atoms with Crippen molar-refractivity contribution in [2.45, 2.75) is 24.1 Å². The van der Waals surface area contributed by atoms with Crippen molar-refractivity contribution in [3.05, 3.63) is 95.6 Å². The highest BCUT2D eigenvalue weighted by Crippen LogP contribution is 2.39. The predicted molar refractivity (Wildman–Crippen MR) is 119 cm³/mol. The lowest BCUT2D eigenvalue weighted by Gasteiger charge is -2.19. The molecule has 0 spiro atoms. The smallest absolute Gasteiger partial charge is 0.247 e. The zero-order chi connectivity index (χ0) is 20.3. The first-order valence-corrected chi connectivity index (χ1v) is 10.8. The predicted octanol–water partition coefficient (Wildman–Crippen LogP) is 5.64. The minimum absolute atomic E-state index is 0.361. The number of hydrogen-bond donors (Lipinski definition) is 1. The van der Waals surface area contributed by atoms with Gasteiger partial charge in [0.25, 0.3) is 0 Å². The summed E-state index contributed by atoms with van der Waals surface area (Å²) in [4.78, 5) is 4.71. The molecule has 0 saturated carbocycles. The normalized spacial score (nSPS) is 14.6. The number of fused-ring (bicyclic) bond motifs is 3. The third-order valence-corrected chi connectivity index (χ3v) is 5.83. The van der Waals surface area contributed by atoms with Gasteiger partial charge in [0.15, 0.2) is 11.9 Å². The van der Waals surface area contributed by atoms with Crippen molar-refractivity contribution in [1.82, 2.24) is 15.2 Å². The molecule has 6 heteroatoms. The Bertz CT molecular complexity index is 1170. The molecule has 1 aliphatic heterocycles. The van der Waals surface area contributed by atoms with Gasteiger partial charge in [-0.1, -0.05) is 90.1 Å². The summed E-state index contributed by atoms with van der Waals surface area (Å²) in [5.74, 6) is 1.26. The fourth-order valence-electron chi connectivity index (χ4n) is 3.32. The Labute approximate surface area is 179 Å². The van der Waals surface area contributed by atoms with Crippen LogP contribution in [-0.2, 0) is 5.75 Å². The van der Waals surface area contributed by atoms with Crippen molar-refractivity contribution in [3.63, 3.8) is 0 Å². The number of aromatic nitrogens is 3. The van der Waals surface area contributed by atoms with Crippen LogP contribution >= 0.6 is 11.8 Å². The fourth-order valence-corrected chi connectivity index (χ4v) is 4.05. The second-order valence-corrected chi connectivity index (χ2v) is 8.06. The number of hydrogen-bond acceptors (Lipinski definition) is 6. The second-order valence-electron chi connectivity index (χ2n) is 7.12. The Balaban J connectivity index is 1.48. The number of benzene rings is 3. The molecule has 148 valence electrons. The molecule has 1 atom stereocenters. The Kier molecular flexibility index (Phi) is 5.07. The lowest BCUT2D eigenvalue weighted by molar-refractivity contribution is 0.225. The lowest BCUT2D eigenvalue weighted by Crippen LogP contribution is -2.17. The highest BCUT2D eigenvalue weighted by atomic mass is 32.2. The molecule has 1 aromatic heterocycles. The maximum absolute atomic E-state index is 6.30. The van der Waals surface area contributed by atoms with Crippen LogP contribution in [0, 0.1) is 6.92 Å². The summed E-state index contributed by atoms with van der Waals surface area (Å²) in [5, 5.41) is 12.9. The molecule has 2 heterocycles. The standard InChI is InChI=1S/C24H20N4OS/c1-16-11-13-17(14-12-16)15-30-24-26-23-21(27-28-24)19-9-5-6-10-20(19)25-22(29-23)18-7-3-2-4-8-18/h2-14,22,25H,15H2,1H3/t22-/m1/s1. The molecule has 0 unspecified atom stereocenters. The van der Waals surface area contributed by atoms with E-state index in [0.717, 1.165) is 22.6 Å². The number of nitrogens with one attached hydrogen (secondary N) is 1. The van der Waals surface area contributed by atoms with Crippen molar-refractivity contribution >= 4 is 17.4 Å². The molecule has 4 aromatic rings. The Hall–Kier alpha value is -3.38. The van der Waals surface area contributed by atoms with Crippen molar-refractivity contribution in [2.75, 3.05) is 5.32 Å². The summed E-state index contributed by atoms with van der Waals surface area (Å²) >= 11 is 1.55. The molecule has 30 heavy (non-hydrogen) atoms. The number of rotatable bonds is 4. The van der Waals surface area contributed by atoms with Crippen molar-refractivity contribution < 1.29 is 4.74 Å². The Morgan fingerprint density at radius 1 is 0.900 bits per heavy atom. The van der Waals surface area contributed by atoms with Gasteiger partial charge in [-0.2, -0.15) is 4.98 Å². The monoisotopic (exact) mass is 412 g/mol. The number of thioether (sulfide) groups is 1. The number of para-hydroxylation sites is 1. The molecule has 0 amide bonds. The van der Waals surface area contributed by atoms with E-state index in [4.69, 9.17) is 9.72 Å². The van der Waals surface area contributed by atoms with E-state index < -0.39 is 0 Å². The van der Waals surface area contributed by atoms with E-state index in [1.54, 1.807) is 11.8 Å². The maximum atomic E-state index is 6.30. The SMILES string of the molecule is Cc1ccc(CSc2nnc3c(n2)O[C@H](c2ccccc2)Nc2ccccc2-3)cc1. The minimum Gasteiger partial charge on any atom is -0.448 e. The number of anilines is 1. The zero-order valence-corrected chi connectivity index (χ0v) is 17.3. The fraction of sp³-hybridized carbons (Fsp3) is 0.125. The molecule has 0 radical (unpaired) electrons. The number of nitrogens with zero attached hydrogens (tertiary/aromatic N) is 3. The van der Waals surface area contributed by atoms with Crippen LogP contribution < -0.4 is 10.1 Å². The van der Waals surface area contributed by atoms with E-state index in [1.165, 1.54) is 11.1 Å². The summed E-state index contributed by atoms with van der Waals surface area (Å²) in [6.45, 7) is 2.09. The number of ether oxygens (including phenoxy) is 1. The first-order valence-electron chi connectivity index (χ1n) is 9.77. The third kappa shape index (κ3) is 3.86. The van der Waals surface area contributed by atoms with Gasteiger partial charge in [0.1, 0.15) is 0 Å². The highest BCUT2D eigenvalue weighted by molar-refractivity contribution is 7.98. The van der Waals surface area contributed by atoms with Crippen molar-refractivity contribution in [2.24, 2.45) is 0 Å². The van der Waals surface area contributed by atoms with Crippen LogP contribution in [0.2, 0.25) is 0 Å². The summed E-state index contributed by atoms with van der Waals surface area (Å²) in [5.41, 5.74) is 6.02. The first-order chi connectivity index (χ1) is 14.8. The van der Waals surface area contributed by atoms with Gasteiger partial charge in [0, 0.05) is 22.6 Å². The van der Waals surface area contributed by atoms with Crippen LogP contribution in [0.5, 0.6) is 5.88 Å². The Morgan fingerprint density at radius 2 is 1.67 bits per heavy atom. The van der Waals surface area contributed by atoms with Gasteiger partial charge < -0.3 is 10.1 Å². The molecule has 0 aliphatic carbocycles. The van der Waals surface area contributed by atoms with E-state index >= 15 is 0 Å². The van der Waals surface area contributed by atoms with Crippen LogP contribution in [0.15, 0.2) is 84.0 Å². The quantitative estimate of drug-likeness (QED) is 0.438. The maximum Gasteiger partial charge on any atom is 0.247 e. The van der Waals surface area contributed by atoms with Crippen LogP contribution in [0.25, 0.3) is 11.3 Å². The van der Waals surface area contributed by atoms with E-state index in [1.807, 2.05) is 54.6 Å². The summed E-state index contributed by atoms with van der Waals surface area (Å²) in [6.07, 6.45) is -0.361. The largest absolute Gasteiger partial charge is 0.448 e. The Morgan fingerprint density at radius 3 is 2.50 bits per heavy atom. The molecular formula is C24H20N4OS. The second kappa shape index (κ2) is 8.16. The molecular weight excluding hydrogens is 392 g/mol. The zero-order valence-electron chi connectivity index (χ0n) is 16.4.